The summed E-state index contributed by atoms with van der Waals surface area (Å²) in [7, 11) is 0. The predicted molar refractivity (Wildman–Crippen MR) is 107 cm³/mol. The summed E-state index contributed by atoms with van der Waals surface area (Å²) >= 11 is 0. The average Bonchev–Trinajstić information content (AvgIpc) is 2.64. The van der Waals surface area contributed by atoms with Gasteiger partial charge in [0.15, 0.2) is 5.96 Å². The highest BCUT2D eigenvalue weighted by Gasteiger charge is 2.21. The van der Waals surface area contributed by atoms with Crippen LogP contribution >= 0.6 is 0 Å². The summed E-state index contributed by atoms with van der Waals surface area (Å²) < 4.78 is 5.24. The average molecular weight is 370 g/mol. The van der Waals surface area contributed by atoms with Gasteiger partial charge in [0.1, 0.15) is 6.61 Å². The number of nitrogens with zero attached hydrogens (tertiary/aromatic N) is 3. The zero-order chi connectivity index (χ0) is 19.0. The minimum Gasteiger partial charge on any atom is -0.480 e. The first-order valence-corrected chi connectivity index (χ1v) is 10.5. The fraction of sp³-hybridized carbons (Fsp3) is 0.900. The van der Waals surface area contributed by atoms with Crippen LogP contribution in [-0.2, 0) is 9.53 Å². The van der Waals surface area contributed by atoms with E-state index in [1.807, 2.05) is 0 Å². The molecule has 0 saturated carbocycles. The van der Waals surface area contributed by atoms with E-state index in [1.165, 1.54) is 51.4 Å². The Morgan fingerprint density at radius 2 is 1.77 bits per heavy atom. The zero-order valence-electron chi connectivity index (χ0n) is 16.9. The Bertz CT molecular complexity index is 390. The summed E-state index contributed by atoms with van der Waals surface area (Å²) in [5.74, 6) is 0.189. The van der Waals surface area contributed by atoms with Gasteiger partial charge >= 0.3 is 5.97 Å². The normalized spacial score (nSPS) is 14.4. The van der Waals surface area contributed by atoms with Crippen molar-refractivity contribution in [3.63, 3.8) is 0 Å². The molecule has 26 heavy (non-hydrogen) atoms. The summed E-state index contributed by atoms with van der Waals surface area (Å²) in [5.41, 5.74) is 0. The Kier molecular flexibility index (Phi) is 13.0. The zero-order valence-corrected chi connectivity index (χ0v) is 16.9. The lowest BCUT2D eigenvalue weighted by Gasteiger charge is -2.37. The molecule has 0 amide bonds. The number of carbonyl (C=O) groups is 1. The molecule has 0 aromatic carbocycles. The van der Waals surface area contributed by atoms with Crippen molar-refractivity contribution < 1.29 is 14.6 Å². The highest BCUT2D eigenvalue weighted by atomic mass is 16.5. The molecule has 1 rings (SSSR count). The van der Waals surface area contributed by atoms with Crippen molar-refractivity contribution in [1.82, 2.24) is 9.80 Å². The second-order valence-corrected chi connectivity index (χ2v) is 7.08. The summed E-state index contributed by atoms with van der Waals surface area (Å²) in [6, 6.07) is 0. The number of carboxylic acids is 1. The van der Waals surface area contributed by atoms with E-state index in [4.69, 9.17) is 14.8 Å². The Balaban J connectivity index is 2.56. The number of aliphatic carboxylic acids is 1. The van der Waals surface area contributed by atoms with Crippen molar-refractivity contribution in [2.24, 2.45) is 4.99 Å². The van der Waals surface area contributed by atoms with Crippen LogP contribution in [0.15, 0.2) is 4.99 Å². The molecular formula is C20H39N3O3. The third kappa shape index (κ3) is 10.00. The lowest BCUT2D eigenvalue weighted by atomic mass is 10.1. The first-order chi connectivity index (χ1) is 12.7. The molecule has 0 unspecified atom stereocenters. The monoisotopic (exact) mass is 369 g/mol. The molecule has 0 radical (unpaired) electrons. The number of aliphatic imine (C=N–C) groups is 1. The van der Waals surface area contributed by atoms with Gasteiger partial charge in [-0.25, -0.2) is 4.79 Å². The van der Waals surface area contributed by atoms with Crippen molar-refractivity contribution in [2.75, 3.05) is 45.9 Å². The number of unbranched alkanes of at least 4 members (excludes halogenated alkanes) is 6. The molecule has 0 fully saturated rings. The number of hydrogen-bond donors (Lipinski definition) is 1. The van der Waals surface area contributed by atoms with Crippen LogP contribution in [0.1, 0.15) is 71.6 Å². The highest BCUT2D eigenvalue weighted by molar-refractivity contribution is 5.80. The fourth-order valence-corrected chi connectivity index (χ4v) is 3.26. The smallest absolute Gasteiger partial charge is 0.329 e. The minimum absolute atomic E-state index is 0.224. The molecule has 6 nitrogen and oxygen atoms in total. The highest BCUT2D eigenvalue weighted by Crippen LogP contribution is 2.12. The molecule has 0 bridgehead atoms. The van der Waals surface area contributed by atoms with Crippen molar-refractivity contribution in [2.45, 2.75) is 71.6 Å². The van der Waals surface area contributed by atoms with Crippen molar-refractivity contribution in [1.29, 1.82) is 0 Å². The van der Waals surface area contributed by atoms with Gasteiger partial charge in [-0.05, 0) is 19.3 Å². The van der Waals surface area contributed by atoms with Gasteiger partial charge in [0.05, 0.1) is 6.61 Å². The molecule has 1 heterocycles. The standard InChI is InChI=1S/C20H39N3O3/c1-3-5-7-9-13-22(14-10-8-6-4-2)20-21-12-11-15-23(20)16-17-26-18-19(24)25/h3-18H2,1-2H3,(H,24,25). The maximum atomic E-state index is 10.6. The van der Waals surface area contributed by atoms with Crippen LogP contribution in [0.5, 0.6) is 0 Å². The molecule has 1 aliphatic heterocycles. The van der Waals surface area contributed by atoms with Crippen molar-refractivity contribution in [3.05, 3.63) is 0 Å². The number of ether oxygens (including phenoxy) is 1. The molecule has 0 saturated heterocycles. The maximum absolute atomic E-state index is 10.6. The van der Waals surface area contributed by atoms with Crippen LogP contribution < -0.4 is 0 Å². The van der Waals surface area contributed by atoms with E-state index in [-0.39, 0.29) is 6.61 Å². The predicted octanol–water partition coefficient (Wildman–Crippen LogP) is 3.61. The second-order valence-electron chi connectivity index (χ2n) is 7.08. The summed E-state index contributed by atoms with van der Waals surface area (Å²) in [6.07, 6.45) is 11.1. The topological polar surface area (TPSA) is 65.4 Å². The van der Waals surface area contributed by atoms with Crippen LogP contribution in [0.25, 0.3) is 0 Å². The van der Waals surface area contributed by atoms with Crippen LogP contribution in [0.4, 0.5) is 0 Å². The van der Waals surface area contributed by atoms with Gasteiger partial charge in [-0.2, -0.15) is 0 Å². The van der Waals surface area contributed by atoms with Gasteiger partial charge in [-0.1, -0.05) is 52.4 Å². The number of guanidine groups is 1. The van der Waals surface area contributed by atoms with Crippen LogP contribution in [-0.4, -0.2) is 72.8 Å². The van der Waals surface area contributed by atoms with Crippen molar-refractivity contribution in [3.8, 4) is 0 Å². The SMILES string of the molecule is CCCCCCN(CCCCCC)C1=NCCCN1CCOCC(=O)O. The minimum atomic E-state index is -0.911. The van der Waals surface area contributed by atoms with Crippen molar-refractivity contribution >= 4 is 11.9 Å². The molecule has 1 N–H and O–H groups in total. The van der Waals surface area contributed by atoms with E-state index in [2.05, 4.69) is 23.6 Å². The van der Waals surface area contributed by atoms with Crippen LogP contribution in [0.2, 0.25) is 0 Å². The Morgan fingerprint density at radius 3 is 2.35 bits per heavy atom. The van der Waals surface area contributed by atoms with Gasteiger partial charge in [-0.15, -0.1) is 0 Å². The Morgan fingerprint density at radius 1 is 1.12 bits per heavy atom. The third-order valence-corrected chi connectivity index (χ3v) is 4.70. The number of carboxylic acid groups (broad SMARTS) is 1. The fourth-order valence-electron chi connectivity index (χ4n) is 3.26. The van der Waals surface area contributed by atoms with E-state index in [0.29, 0.717) is 13.2 Å². The van der Waals surface area contributed by atoms with E-state index in [0.717, 1.165) is 38.6 Å². The lowest BCUT2D eigenvalue weighted by molar-refractivity contribution is -0.142. The molecule has 0 aliphatic carbocycles. The third-order valence-electron chi connectivity index (χ3n) is 4.70. The summed E-state index contributed by atoms with van der Waals surface area (Å²) in [4.78, 5) is 20.2. The Labute approximate surface area is 159 Å². The number of rotatable bonds is 15. The largest absolute Gasteiger partial charge is 0.480 e. The van der Waals surface area contributed by atoms with E-state index >= 15 is 0 Å². The molecule has 0 aromatic rings. The molecule has 6 heteroatoms. The number of hydrogen-bond acceptors (Lipinski definition) is 5. The molecular weight excluding hydrogens is 330 g/mol. The Hall–Kier alpha value is -1.30. The van der Waals surface area contributed by atoms with Crippen LogP contribution in [0.3, 0.4) is 0 Å². The van der Waals surface area contributed by atoms with Gasteiger partial charge < -0.3 is 19.6 Å². The maximum Gasteiger partial charge on any atom is 0.329 e. The van der Waals surface area contributed by atoms with E-state index in [9.17, 15) is 4.79 Å². The summed E-state index contributed by atoms with van der Waals surface area (Å²) in [5, 5.41) is 8.70. The molecule has 0 atom stereocenters. The van der Waals surface area contributed by atoms with E-state index < -0.39 is 5.97 Å². The van der Waals surface area contributed by atoms with Gasteiger partial charge in [0.2, 0.25) is 0 Å². The second kappa shape index (κ2) is 14.8. The van der Waals surface area contributed by atoms with Gasteiger partial charge in [-0.3, -0.25) is 4.99 Å². The lowest BCUT2D eigenvalue weighted by Crippen LogP contribution is -2.49. The van der Waals surface area contributed by atoms with Crippen LogP contribution in [0, 0.1) is 0 Å². The molecule has 152 valence electrons. The first kappa shape index (κ1) is 22.7. The summed E-state index contributed by atoms with van der Waals surface area (Å²) in [6.45, 7) is 9.42. The van der Waals surface area contributed by atoms with Gasteiger partial charge in [0.25, 0.3) is 0 Å². The van der Waals surface area contributed by atoms with E-state index in [1.54, 1.807) is 0 Å². The quantitative estimate of drug-likeness (QED) is 0.447. The molecule has 1 aliphatic rings. The molecule has 0 aromatic heterocycles. The molecule has 0 spiro atoms. The first-order valence-electron chi connectivity index (χ1n) is 10.5. The van der Waals surface area contributed by atoms with Gasteiger partial charge in [0, 0.05) is 32.7 Å².